The fourth-order valence-corrected chi connectivity index (χ4v) is 10.2. The average molecular weight is 832 g/mol. The minimum absolute atomic E-state index is 0.0692. The summed E-state index contributed by atoms with van der Waals surface area (Å²) in [5.41, 5.74) is -0.950. The van der Waals surface area contributed by atoms with Crippen LogP contribution in [0.15, 0.2) is 103 Å². The highest BCUT2D eigenvalue weighted by atomic mass is 35.5. The van der Waals surface area contributed by atoms with Gasteiger partial charge in [-0.3, -0.25) is 28.9 Å². The van der Waals surface area contributed by atoms with Crippen LogP contribution in [0.25, 0.3) is 10.8 Å². The van der Waals surface area contributed by atoms with Gasteiger partial charge in [-0.05, 0) is 59.9 Å². The number of anilines is 2. The van der Waals surface area contributed by atoms with E-state index in [4.69, 9.17) is 23.2 Å². The molecule has 1 N–H and O–H groups in total. The SMILES string of the molecule is O=C(c1ccccc1)c1ccc(N2C(=O)C3CC=C4C(CC5(Cl)C(=O)N(c6c(F)c(F)c(F)c(F)c6F)C(=O)C5(Cl)C4c4c(O)ccc5ccccc45)C3C2=O)cc1. The summed E-state index contributed by atoms with van der Waals surface area (Å²) in [7, 11) is 0. The van der Waals surface area contributed by atoms with Crippen molar-refractivity contribution in [2.75, 3.05) is 9.80 Å². The van der Waals surface area contributed by atoms with Gasteiger partial charge >= 0.3 is 0 Å². The van der Waals surface area contributed by atoms with Gasteiger partial charge in [-0.2, -0.15) is 0 Å². The van der Waals surface area contributed by atoms with E-state index in [1.165, 1.54) is 30.3 Å². The molecule has 0 radical (unpaired) electrons. The molecular formula is C43H25Cl2F5N2O6. The number of imide groups is 2. The number of phenolic OH excluding ortho intramolecular Hbond substituents is 1. The maximum absolute atomic E-state index is 15.4. The Kier molecular flexibility index (Phi) is 8.47. The van der Waals surface area contributed by atoms with Crippen molar-refractivity contribution in [1.82, 2.24) is 0 Å². The van der Waals surface area contributed by atoms with Gasteiger partial charge in [-0.1, -0.05) is 72.3 Å². The molecule has 2 saturated heterocycles. The number of hydrogen-bond acceptors (Lipinski definition) is 6. The van der Waals surface area contributed by atoms with Crippen molar-refractivity contribution in [1.29, 1.82) is 0 Å². The van der Waals surface area contributed by atoms with Crippen molar-refractivity contribution in [2.24, 2.45) is 17.8 Å². The summed E-state index contributed by atoms with van der Waals surface area (Å²) in [4.78, 5) is 66.1. The normalized spacial score (nSPS) is 26.5. The van der Waals surface area contributed by atoms with Crippen LogP contribution in [0.2, 0.25) is 0 Å². The Bertz CT molecular complexity index is 2700. The molecule has 9 rings (SSSR count). The Labute approximate surface area is 335 Å². The zero-order valence-corrected chi connectivity index (χ0v) is 31.0. The molecule has 58 heavy (non-hydrogen) atoms. The number of alkyl halides is 2. The first-order valence-corrected chi connectivity index (χ1v) is 18.7. The zero-order chi connectivity index (χ0) is 41.2. The maximum Gasteiger partial charge on any atom is 0.258 e. The molecule has 2 aliphatic heterocycles. The molecule has 4 aliphatic rings. The van der Waals surface area contributed by atoms with Crippen molar-refractivity contribution >= 4 is 74.8 Å². The van der Waals surface area contributed by atoms with Gasteiger partial charge in [-0.25, -0.2) is 26.9 Å². The maximum atomic E-state index is 15.4. The predicted octanol–water partition coefficient (Wildman–Crippen LogP) is 8.24. The number of aromatic hydroxyl groups is 1. The molecule has 4 amide bonds. The Morgan fingerprint density at radius 1 is 0.672 bits per heavy atom. The van der Waals surface area contributed by atoms with Crippen molar-refractivity contribution in [3.8, 4) is 5.75 Å². The number of benzene rings is 5. The van der Waals surface area contributed by atoms with Crippen LogP contribution < -0.4 is 9.80 Å². The largest absolute Gasteiger partial charge is 0.508 e. The molecule has 0 spiro atoms. The van der Waals surface area contributed by atoms with Gasteiger partial charge < -0.3 is 5.11 Å². The second kappa shape index (κ2) is 13.0. The molecule has 8 nitrogen and oxygen atoms in total. The van der Waals surface area contributed by atoms with Gasteiger partial charge in [0.25, 0.3) is 11.8 Å². The van der Waals surface area contributed by atoms with Gasteiger partial charge in [0, 0.05) is 22.6 Å². The third kappa shape index (κ3) is 4.89. The van der Waals surface area contributed by atoms with E-state index in [1.807, 2.05) is 0 Å². The van der Waals surface area contributed by atoms with Crippen LogP contribution >= 0.6 is 23.2 Å². The first-order valence-electron chi connectivity index (χ1n) is 17.9. The fraction of sp³-hybridized carbons (Fsp3) is 0.186. The molecule has 5 aromatic carbocycles. The quantitative estimate of drug-likeness (QED) is 0.0364. The summed E-state index contributed by atoms with van der Waals surface area (Å²) in [6.07, 6.45) is 0.740. The fourth-order valence-electron chi connectivity index (χ4n) is 9.24. The number of rotatable bonds is 5. The number of hydrogen-bond donors (Lipinski definition) is 1. The molecule has 0 bridgehead atoms. The summed E-state index contributed by atoms with van der Waals surface area (Å²) in [6, 6.07) is 23.6. The summed E-state index contributed by atoms with van der Waals surface area (Å²) in [6.45, 7) is 0. The number of halogens is 7. The molecule has 2 aliphatic carbocycles. The highest BCUT2D eigenvalue weighted by Crippen LogP contribution is 2.67. The number of carbonyl (C=O) groups is 5. The van der Waals surface area contributed by atoms with E-state index in [1.54, 1.807) is 66.7 Å². The van der Waals surface area contributed by atoms with Crippen LogP contribution in [0.5, 0.6) is 5.75 Å². The number of allylic oxidation sites excluding steroid dienone is 2. The standard InChI is InChI=1S/C43H25Cl2F5N2O6/c44-42-18-26-24(15-16-25-28(26)39(56)51(38(25)55)22-13-10-21(11-14-22)37(54)20-7-2-1-3-8-20)30(29-23-9-5-4-6-19(23)12-17-27(29)53)43(42,45)41(58)52(40(42)57)36-34(49)32(47)31(46)33(48)35(36)50/h1-15,17,25-26,28,30,53H,16,18H2. The molecule has 6 atom stereocenters. The van der Waals surface area contributed by atoms with Crippen LogP contribution in [0.4, 0.5) is 33.3 Å². The van der Waals surface area contributed by atoms with Gasteiger partial charge in [0.05, 0.1) is 17.5 Å². The number of amides is 4. The van der Waals surface area contributed by atoms with E-state index in [0.717, 1.165) is 4.90 Å². The van der Waals surface area contributed by atoms with E-state index in [0.29, 0.717) is 16.3 Å². The lowest BCUT2D eigenvalue weighted by molar-refractivity contribution is -0.125. The Balaban J connectivity index is 1.19. The second-order valence-corrected chi connectivity index (χ2v) is 15.9. The van der Waals surface area contributed by atoms with Crippen LogP contribution in [0.1, 0.15) is 40.2 Å². The molecule has 2 heterocycles. The highest BCUT2D eigenvalue weighted by Gasteiger charge is 2.77. The third-order valence-corrected chi connectivity index (χ3v) is 13.3. The number of nitrogens with zero attached hydrogens (tertiary/aromatic N) is 2. The monoisotopic (exact) mass is 830 g/mol. The predicted molar refractivity (Wildman–Crippen MR) is 201 cm³/mol. The van der Waals surface area contributed by atoms with Crippen LogP contribution in [-0.4, -0.2) is 44.3 Å². The first-order chi connectivity index (χ1) is 27.6. The topological polar surface area (TPSA) is 112 Å². The van der Waals surface area contributed by atoms with Crippen molar-refractivity contribution in [3.63, 3.8) is 0 Å². The lowest BCUT2D eigenvalue weighted by atomic mass is 9.56. The van der Waals surface area contributed by atoms with Crippen LogP contribution in [0.3, 0.4) is 0 Å². The number of fused-ring (bicyclic) bond motifs is 5. The summed E-state index contributed by atoms with van der Waals surface area (Å²) in [5, 5.41) is 12.4. The molecule has 0 aromatic heterocycles. The van der Waals surface area contributed by atoms with Crippen LogP contribution in [-0.2, 0) is 19.2 Å². The third-order valence-electron chi connectivity index (χ3n) is 11.9. The van der Waals surface area contributed by atoms with E-state index in [9.17, 15) is 42.3 Å². The van der Waals surface area contributed by atoms with Gasteiger partial charge in [0.15, 0.2) is 38.8 Å². The molecule has 1 saturated carbocycles. The first kappa shape index (κ1) is 37.6. The Morgan fingerprint density at radius 3 is 1.95 bits per heavy atom. The van der Waals surface area contributed by atoms with E-state index in [-0.39, 0.29) is 39.5 Å². The van der Waals surface area contributed by atoms with E-state index < -0.39 is 104 Å². The highest BCUT2D eigenvalue weighted by molar-refractivity contribution is 6.58. The van der Waals surface area contributed by atoms with Crippen molar-refractivity contribution < 1.29 is 51.0 Å². The minimum atomic E-state index is -2.81. The number of carbonyl (C=O) groups excluding carboxylic acids is 5. The van der Waals surface area contributed by atoms with Gasteiger partial charge in [-0.15, -0.1) is 23.2 Å². The number of ketones is 1. The summed E-state index contributed by atoms with van der Waals surface area (Å²) >= 11 is 14.5. The molecule has 5 aromatic rings. The molecule has 292 valence electrons. The van der Waals surface area contributed by atoms with Gasteiger partial charge in [0.2, 0.25) is 17.6 Å². The Hall–Kier alpha value is -5.92. The molecule has 15 heteroatoms. The molecule has 3 fully saturated rings. The molecule has 6 unspecified atom stereocenters. The smallest absolute Gasteiger partial charge is 0.258 e. The number of phenols is 1. The minimum Gasteiger partial charge on any atom is -0.508 e. The van der Waals surface area contributed by atoms with E-state index >= 15 is 8.78 Å². The zero-order valence-electron chi connectivity index (χ0n) is 29.5. The van der Waals surface area contributed by atoms with Crippen LogP contribution in [0, 0.1) is 46.8 Å². The molecular weight excluding hydrogens is 806 g/mol. The lowest BCUT2D eigenvalue weighted by Crippen LogP contribution is -2.60. The Morgan fingerprint density at radius 2 is 1.28 bits per heavy atom. The summed E-state index contributed by atoms with van der Waals surface area (Å²) in [5.74, 6) is -23.0. The van der Waals surface area contributed by atoms with Crippen molar-refractivity contribution in [3.05, 3.63) is 148 Å². The lowest BCUT2D eigenvalue weighted by Gasteiger charge is -2.51. The summed E-state index contributed by atoms with van der Waals surface area (Å²) < 4.78 is 74.3. The van der Waals surface area contributed by atoms with Crippen molar-refractivity contribution in [2.45, 2.75) is 28.5 Å². The van der Waals surface area contributed by atoms with Gasteiger partial charge in [0.1, 0.15) is 11.4 Å². The average Bonchev–Trinajstić information content (AvgIpc) is 3.57. The van der Waals surface area contributed by atoms with E-state index in [2.05, 4.69) is 0 Å². The second-order valence-electron chi connectivity index (χ2n) is 14.7.